The molecule has 1 aliphatic rings. The second kappa shape index (κ2) is 6.90. The number of ether oxygens (including phenoxy) is 1. The van der Waals surface area contributed by atoms with E-state index in [1.54, 1.807) is 0 Å². The quantitative estimate of drug-likeness (QED) is 0.903. The van der Waals surface area contributed by atoms with Crippen LogP contribution in [-0.2, 0) is 0 Å². The van der Waals surface area contributed by atoms with Crippen molar-refractivity contribution in [2.75, 3.05) is 6.54 Å². The van der Waals surface area contributed by atoms with Crippen LogP contribution in [0.25, 0.3) is 10.9 Å². The normalized spacial score (nSPS) is 17.8. The number of hydrogen-bond donors (Lipinski definition) is 1. The van der Waals surface area contributed by atoms with Crippen molar-refractivity contribution >= 4 is 10.9 Å². The SMILES string of the molecule is CC(CNC1CCCCC1)Oc1cccc2cccnc12. The molecule has 0 saturated heterocycles. The highest BCUT2D eigenvalue weighted by Crippen LogP contribution is 2.24. The maximum Gasteiger partial charge on any atom is 0.145 e. The first-order valence-electron chi connectivity index (χ1n) is 8.07. The Kier molecular flexibility index (Phi) is 4.71. The van der Waals surface area contributed by atoms with Crippen molar-refractivity contribution in [1.82, 2.24) is 10.3 Å². The smallest absolute Gasteiger partial charge is 0.145 e. The first kappa shape index (κ1) is 14.3. The number of aromatic nitrogens is 1. The van der Waals surface area contributed by atoms with E-state index in [0.717, 1.165) is 23.2 Å². The van der Waals surface area contributed by atoms with Gasteiger partial charge >= 0.3 is 0 Å². The van der Waals surface area contributed by atoms with Crippen LogP contribution in [0.5, 0.6) is 5.75 Å². The maximum absolute atomic E-state index is 6.09. The summed E-state index contributed by atoms with van der Waals surface area (Å²) < 4.78 is 6.09. The summed E-state index contributed by atoms with van der Waals surface area (Å²) in [6.45, 7) is 3.02. The number of hydrogen-bond acceptors (Lipinski definition) is 3. The third-order valence-corrected chi connectivity index (χ3v) is 4.22. The number of nitrogens with one attached hydrogen (secondary N) is 1. The Balaban J connectivity index is 1.59. The van der Waals surface area contributed by atoms with E-state index in [4.69, 9.17) is 4.74 Å². The van der Waals surface area contributed by atoms with E-state index >= 15 is 0 Å². The molecule has 0 radical (unpaired) electrons. The summed E-state index contributed by atoms with van der Waals surface area (Å²) in [6, 6.07) is 10.8. The van der Waals surface area contributed by atoms with Crippen molar-refractivity contribution < 1.29 is 4.74 Å². The first-order valence-corrected chi connectivity index (χ1v) is 8.07. The van der Waals surface area contributed by atoms with Gasteiger partial charge in [-0.15, -0.1) is 0 Å². The van der Waals surface area contributed by atoms with Crippen molar-refractivity contribution in [1.29, 1.82) is 0 Å². The fraction of sp³-hybridized carbons (Fsp3) is 0.500. The molecule has 1 N–H and O–H groups in total. The molecule has 1 heterocycles. The molecule has 112 valence electrons. The first-order chi connectivity index (χ1) is 10.3. The summed E-state index contributed by atoms with van der Waals surface area (Å²) in [5.41, 5.74) is 0.949. The maximum atomic E-state index is 6.09. The molecule has 21 heavy (non-hydrogen) atoms. The van der Waals surface area contributed by atoms with Gasteiger partial charge in [0.05, 0.1) is 0 Å². The van der Waals surface area contributed by atoms with Gasteiger partial charge in [-0.1, -0.05) is 37.5 Å². The number of nitrogens with zero attached hydrogens (tertiary/aromatic N) is 1. The molecule has 0 spiro atoms. The largest absolute Gasteiger partial charge is 0.487 e. The minimum atomic E-state index is 0.152. The zero-order valence-corrected chi connectivity index (χ0v) is 12.7. The summed E-state index contributed by atoms with van der Waals surface area (Å²) in [5, 5.41) is 4.77. The Morgan fingerprint density at radius 3 is 2.86 bits per heavy atom. The number of benzene rings is 1. The molecular formula is C18H24N2O. The van der Waals surface area contributed by atoms with E-state index in [1.807, 2.05) is 24.4 Å². The van der Waals surface area contributed by atoms with Crippen LogP contribution in [0.4, 0.5) is 0 Å². The van der Waals surface area contributed by atoms with Gasteiger partial charge < -0.3 is 10.1 Å². The monoisotopic (exact) mass is 284 g/mol. The standard InChI is InChI=1S/C18H24N2O/c1-14(13-20-16-9-3-2-4-10-16)21-17-11-5-7-15-8-6-12-19-18(15)17/h5-8,11-12,14,16,20H,2-4,9-10,13H2,1H3. The van der Waals surface area contributed by atoms with E-state index in [9.17, 15) is 0 Å². The van der Waals surface area contributed by atoms with E-state index in [1.165, 1.54) is 32.1 Å². The van der Waals surface area contributed by atoms with Crippen molar-refractivity contribution in [3.05, 3.63) is 36.5 Å². The Labute approximate surface area is 126 Å². The Morgan fingerprint density at radius 1 is 1.19 bits per heavy atom. The lowest BCUT2D eigenvalue weighted by Gasteiger charge is -2.25. The Bertz CT molecular complexity index is 573. The predicted molar refractivity (Wildman–Crippen MR) is 86.7 cm³/mol. The molecule has 1 unspecified atom stereocenters. The van der Waals surface area contributed by atoms with Crippen LogP contribution in [0.15, 0.2) is 36.5 Å². The minimum absolute atomic E-state index is 0.152. The van der Waals surface area contributed by atoms with Gasteiger partial charge in [0.15, 0.2) is 0 Å². The van der Waals surface area contributed by atoms with Gasteiger partial charge in [-0.2, -0.15) is 0 Å². The minimum Gasteiger partial charge on any atom is -0.487 e. The topological polar surface area (TPSA) is 34.1 Å². The summed E-state index contributed by atoms with van der Waals surface area (Å²) >= 11 is 0. The van der Waals surface area contributed by atoms with Gasteiger partial charge in [-0.05, 0) is 31.9 Å². The van der Waals surface area contributed by atoms with Crippen LogP contribution >= 0.6 is 0 Å². The molecule has 1 aliphatic carbocycles. The van der Waals surface area contributed by atoms with E-state index in [-0.39, 0.29) is 6.10 Å². The zero-order valence-electron chi connectivity index (χ0n) is 12.7. The summed E-state index contributed by atoms with van der Waals surface area (Å²) in [5.74, 6) is 0.881. The van der Waals surface area contributed by atoms with Crippen molar-refractivity contribution in [3.63, 3.8) is 0 Å². The van der Waals surface area contributed by atoms with Crippen molar-refractivity contribution in [3.8, 4) is 5.75 Å². The van der Waals surface area contributed by atoms with Gasteiger partial charge in [-0.25, -0.2) is 0 Å². The van der Waals surface area contributed by atoms with Crippen LogP contribution in [0, 0.1) is 0 Å². The molecule has 1 fully saturated rings. The van der Waals surface area contributed by atoms with Crippen molar-refractivity contribution in [2.45, 2.75) is 51.2 Å². The highest BCUT2D eigenvalue weighted by atomic mass is 16.5. The van der Waals surface area contributed by atoms with Crippen LogP contribution in [0.2, 0.25) is 0 Å². The second-order valence-corrected chi connectivity index (χ2v) is 6.00. The number of fused-ring (bicyclic) bond motifs is 1. The third-order valence-electron chi connectivity index (χ3n) is 4.22. The van der Waals surface area contributed by atoms with E-state index in [0.29, 0.717) is 6.04 Å². The average molecular weight is 284 g/mol. The highest BCUT2D eigenvalue weighted by molar-refractivity contribution is 5.84. The van der Waals surface area contributed by atoms with Crippen LogP contribution in [-0.4, -0.2) is 23.7 Å². The van der Waals surface area contributed by atoms with Crippen LogP contribution < -0.4 is 10.1 Å². The summed E-state index contributed by atoms with van der Waals surface area (Å²) in [6.07, 6.45) is 8.71. The fourth-order valence-electron chi connectivity index (χ4n) is 3.07. The zero-order chi connectivity index (χ0) is 14.5. The average Bonchev–Trinajstić information content (AvgIpc) is 2.54. The van der Waals surface area contributed by atoms with Gasteiger partial charge in [0.2, 0.25) is 0 Å². The predicted octanol–water partition coefficient (Wildman–Crippen LogP) is 3.92. The summed E-state index contributed by atoms with van der Waals surface area (Å²) in [4.78, 5) is 4.44. The second-order valence-electron chi connectivity index (χ2n) is 6.00. The van der Waals surface area contributed by atoms with Crippen molar-refractivity contribution in [2.24, 2.45) is 0 Å². The molecule has 3 nitrogen and oxygen atoms in total. The van der Waals surface area contributed by atoms with Gasteiger partial charge in [0.25, 0.3) is 0 Å². The number of pyridine rings is 1. The molecule has 0 amide bonds. The Morgan fingerprint density at radius 2 is 2.00 bits per heavy atom. The molecule has 1 aromatic heterocycles. The number of para-hydroxylation sites is 1. The molecule has 2 aromatic rings. The Hall–Kier alpha value is -1.61. The van der Waals surface area contributed by atoms with Crippen LogP contribution in [0.3, 0.4) is 0 Å². The lowest BCUT2D eigenvalue weighted by molar-refractivity contribution is 0.207. The molecule has 0 aliphatic heterocycles. The highest BCUT2D eigenvalue weighted by Gasteiger charge is 2.14. The fourth-order valence-corrected chi connectivity index (χ4v) is 3.07. The third kappa shape index (κ3) is 3.73. The molecular weight excluding hydrogens is 260 g/mol. The molecule has 3 rings (SSSR count). The molecule has 1 saturated carbocycles. The lowest BCUT2D eigenvalue weighted by Crippen LogP contribution is -2.37. The van der Waals surface area contributed by atoms with E-state index < -0.39 is 0 Å². The van der Waals surface area contributed by atoms with Gasteiger partial charge in [0.1, 0.15) is 17.4 Å². The van der Waals surface area contributed by atoms with E-state index in [2.05, 4.69) is 29.4 Å². The lowest BCUT2D eigenvalue weighted by atomic mass is 9.95. The molecule has 3 heteroatoms. The van der Waals surface area contributed by atoms with Gasteiger partial charge in [-0.3, -0.25) is 4.98 Å². The molecule has 1 aromatic carbocycles. The van der Waals surface area contributed by atoms with Gasteiger partial charge in [0, 0.05) is 24.2 Å². The summed E-state index contributed by atoms with van der Waals surface area (Å²) in [7, 11) is 0. The molecule has 0 bridgehead atoms. The van der Waals surface area contributed by atoms with Crippen LogP contribution in [0.1, 0.15) is 39.0 Å². The number of rotatable bonds is 5. The molecule has 1 atom stereocenters.